The SMILES string of the molecule is OB(O)c1ccccc1-c1cncs1. The molecule has 0 radical (unpaired) electrons. The number of rotatable bonds is 2. The molecule has 0 spiro atoms. The molecule has 3 nitrogen and oxygen atoms in total. The van der Waals surface area contributed by atoms with Crippen LogP contribution in [-0.2, 0) is 0 Å². The van der Waals surface area contributed by atoms with E-state index in [1.165, 1.54) is 11.3 Å². The molecule has 0 fully saturated rings. The van der Waals surface area contributed by atoms with Crippen molar-refractivity contribution in [1.82, 2.24) is 4.98 Å². The van der Waals surface area contributed by atoms with Crippen LogP contribution < -0.4 is 5.46 Å². The summed E-state index contributed by atoms with van der Waals surface area (Å²) in [5.41, 5.74) is 3.05. The molecule has 0 saturated carbocycles. The van der Waals surface area contributed by atoms with Crippen LogP contribution in [0.5, 0.6) is 0 Å². The molecule has 0 aliphatic rings. The van der Waals surface area contributed by atoms with E-state index in [2.05, 4.69) is 4.98 Å². The molecule has 2 rings (SSSR count). The van der Waals surface area contributed by atoms with Crippen LogP contribution in [0.2, 0.25) is 0 Å². The Bertz CT molecular complexity index is 417. The number of hydrogen-bond donors (Lipinski definition) is 2. The van der Waals surface area contributed by atoms with E-state index < -0.39 is 7.12 Å². The summed E-state index contributed by atoms with van der Waals surface area (Å²) in [5, 5.41) is 18.3. The molecular formula is C9H8BNO2S. The number of aromatic nitrogens is 1. The smallest absolute Gasteiger partial charge is 0.423 e. The summed E-state index contributed by atoms with van der Waals surface area (Å²) in [5.74, 6) is 0. The molecule has 1 aromatic carbocycles. The molecule has 1 heterocycles. The monoisotopic (exact) mass is 205 g/mol. The lowest BCUT2D eigenvalue weighted by molar-refractivity contribution is 0.426. The maximum Gasteiger partial charge on any atom is 0.489 e. The van der Waals surface area contributed by atoms with Gasteiger partial charge in [0.25, 0.3) is 0 Å². The molecular weight excluding hydrogens is 197 g/mol. The van der Waals surface area contributed by atoms with Crippen molar-refractivity contribution < 1.29 is 10.0 Å². The minimum atomic E-state index is -1.44. The first-order valence-electron chi connectivity index (χ1n) is 4.13. The van der Waals surface area contributed by atoms with E-state index in [9.17, 15) is 0 Å². The molecule has 14 heavy (non-hydrogen) atoms. The molecule has 0 bridgehead atoms. The van der Waals surface area contributed by atoms with Crippen molar-refractivity contribution in [3.05, 3.63) is 36.0 Å². The van der Waals surface area contributed by atoms with Gasteiger partial charge in [0, 0.05) is 6.20 Å². The Morgan fingerprint density at radius 2 is 2.00 bits per heavy atom. The third-order valence-corrected chi connectivity index (χ3v) is 2.74. The van der Waals surface area contributed by atoms with Gasteiger partial charge in [-0.05, 0) is 11.0 Å². The summed E-state index contributed by atoms with van der Waals surface area (Å²) in [7, 11) is -1.44. The van der Waals surface area contributed by atoms with E-state index in [0.717, 1.165) is 10.4 Å². The second-order valence-electron chi connectivity index (χ2n) is 2.83. The Morgan fingerprint density at radius 1 is 1.21 bits per heavy atom. The number of thiazole rings is 1. The lowest BCUT2D eigenvalue weighted by Gasteiger charge is -2.05. The van der Waals surface area contributed by atoms with Gasteiger partial charge in [0.15, 0.2) is 0 Å². The van der Waals surface area contributed by atoms with Crippen molar-refractivity contribution in [2.24, 2.45) is 0 Å². The van der Waals surface area contributed by atoms with Gasteiger partial charge in [0.1, 0.15) is 0 Å². The Morgan fingerprint density at radius 3 is 2.64 bits per heavy atom. The highest BCUT2D eigenvalue weighted by atomic mass is 32.1. The van der Waals surface area contributed by atoms with E-state index in [4.69, 9.17) is 10.0 Å². The molecule has 1 aromatic heterocycles. The summed E-state index contributed by atoms with van der Waals surface area (Å²) in [6, 6.07) is 7.18. The highest BCUT2D eigenvalue weighted by Crippen LogP contribution is 2.21. The fourth-order valence-corrected chi connectivity index (χ4v) is 1.97. The van der Waals surface area contributed by atoms with E-state index in [1.807, 2.05) is 12.1 Å². The zero-order valence-corrected chi connectivity index (χ0v) is 8.11. The zero-order valence-electron chi connectivity index (χ0n) is 7.29. The first-order chi connectivity index (χ1) is 6.79. The van der Waals surface area contributed by atoms with Crippen LogP contribution in [0.25, 0.3) is 10.4 Å². The summed E-state index contributed by atoms with van der Waals surface area (Å²) >= 11 is 1.47. The quantitative estimate of drug-likeness (QED) is 0.701. The van der Waals surface area contributed by atoms with Gasteiger partial charge in [-0.1, -0.05) is 24.3 Å². The van der Waals surface area contributed by atoms with Crippen LogP contribution in [0.3, 0.4) is 0 Å². The maximum absolute atomic E-state index is 9.14. The average molecular weight is 205 g/mol. The second kappa shape index (κ2) is 3.92. The third kappa shape index (κ3) is 1.70. The van der Waals surface area contributed by atoms with Crippen LogP contribution in [0.1, 0.15) is 0 Å². The Balaban J connectivity index is 2.53. The number of nitrogens with zero attached hydrogens (tertiary/aromatic N) is 1. The van der Waals surface area contributed by atoms with Crippen LogP contribution in [0.4, 0.5) is 0 Å². The topological polar surface area (TPSA) is 53.4 Å². The highest BCUT2D eigenvalue weighted by Gasteiger charge is 2.16. The third-order valence-electron chi connectivity index (χ3n) is 1.94. The highest BCUT2D eigenvalue weighted by molar-refractivity contribution is 7.13. The fraction of sp³-hybridized carbons (Fsp3) is 0. The minimum Gasteiger partial charge on any atom is -0.423 e. The summed E-state index contributed by atoms with van der Waals surface area (Å²) < 4.78 is 0. The van der Waals surface area contributed by atoms with Crippen molar-refractivity contribution in [1.29, 1.82) is 0 Å². The van der Waals surface area contributed by atoms with E-state index in [-0.39, 0.29) is 0 Å². The largest absolute Gasteiger partial charge is 0.489 e. The molecule has 0 amide bonds. The van der Waals surface area contributed by atoms with E-state index in [0.29, 0.717) is 5.46 Å². The molecule has 5 heteroatoms. The van der Waals surface area contributed by atoms with Crippen molar-refractivity contribution in [2.75, 3.05) is 0 Å². The summed E-state index contributed by atoms with van der Waals surface area (Å²) in [6.07, 6.45) is 1.71. The van der Waals surface area contributed by atoms with Crippen molar-refractivity contribution in [2.45, 2.75) is 0 Å². The van der Waals surface area contributed by atoms with E-state index in [1.54, 1.807) is 23.8 Å². The lowest BCUT2D eigenvalue weighted by Crippen LogP contribution is -2.31. The lowest BCUT2D eigenvalue weighted by atomic mass is 9.77. The van der Waals surface area contributed by atoms with Gasteiger partial charge in [-0.3, -0.25) is 4.98 Å². The van der Waals surface area contributed by atoms with Crippen molar-refractivity contribution in [3.63, 3.8) is 0 Å². The van der Waals surface area contributed by atoms with Gasteiger partial charge in [-0.2, -0.15) is 0 Å². The summed E-state index contributed by atoms with van der Waals surface area (Å²) in [6.45, 7) is 0. The summed E-state index contributed by atoms with van der Waals surface area (Å²) in [4.78, 5) is 4.89. The minimum absolute atomic E-state index is 0.511. The van der Waals surface area contributed by atoms with Crippen molar-refractivity contribution in [3.8, 4) is 10.4 Å². The predicted molar refractivity (Wildman–Crippen MR) is 57.4 cm³/mol. The molecule has 2 N–H and O–H groups in total. The molecule has 0 unspecified atom stereocenters. The molecule has 0 aliphatic carbocycles. The Hall–Kier alpha value is -1.17. The van der Waals surface area contributed by atoms with Crippen LogP contribution in [0.15, 0.2) is 36.0 Å². The standard InChI is InChI=1S/C9H8BNO2S/c12-10(13)8-4-2-1-3-7(8)9-5-11-6-14-9/h1-6,12-13H. The zero-order chi connectivity index (χ0) is 9.97. The van der Waals surface area contributed by atoms with E-state index >= 15 is 0 Å². The van der Waals surface area contributed by atoms with Gasteiger partial charge in [0.2, 0.25) is 0 Å². The second-order valence-corrected chi connectivity index (χ2v) is 3.71. The molecule has 0 saturated heterocycles. The van der Waals surface area contributed by atoms with Crippen LogP contribution >= 0.6 is 11.3 Å². The number of hydrogen-bond acceptors (Lipinski definition) is 4. The first-order valence-corrected chi connectivity index (χ1v) is 5.01. The Labute approximate surface area is 85.8 Å². The van der Waals surface area contributed by atoms with Crippen LogP contribution in [0, 0.1) is 0 Å². The van der Waals surface area contributed by atoms with Gasteiger partial charge in [-0.15, -0.1) is 11.3 Å². The normalized spacial score (nSPS) is 10.1. The fourth-order valence-electron chi connectivity index (χ4n) is 1.30. The van der Waals surface area contributed by atoms with Gasteiger partial charge >= 0.3 is 7.12 Å². The number of benzene rings is 1. The Kier molecular flexibility index (Phi) is 2.63. The van der Waals surface area contributed by atoms with Gasteiger partial charge < -0.3 is 10.0 Å². The molecule has 0 aliphatic heterocycles. The molecule has 0 atom stereocenters. The average Bonchev–Trinajstić information content (AvgIpc) is 2.70. The van der Waals surface area contributed by atoms with Gasteiger partial charge in [0.05, 0.1) is 10.4 Å². The van der Waals surface area contributed by atoms with Gasteiger partial charge in [-0.25, -0.2) is 0 Å². The first kappa shape index (κ1) is 9.39. The van der Waals surface area contributed by atoms with Crippen molar-refractivity contribution >= 4 is 23.9 Å². The maximum atomic E-state index is 9.14. The predicted octanol–water partition coefficient (Wildman–Crippen LogP) is 0.490. The van der Waals surface area contributed by atoms with Crippen LogP contribution in [-0.4, -0.2) is 22.2 Å². The molecule has 70 valence electrons. The molecule has 2 aromatic rings.